The number of phenolic OH excluding ortho intramolecular Hbond substituents is 4. The first-order chi connectivity index (χ1) is 22.4. The minimum absolute atomic E-state index is 0.0166. The first-order valence-corrected chi connectivity index (χ1v) is 14.4. The number of aromatic hydroxyl groups is 4. The quantitative estimate of drug-likeness (QED) is 0.101. The van der Waals surface area contributed by atoms with Crippen molar-refractivity contribution in [3.05, 3.63) is 88.7 Å². The summed E-state index contributed by atoms with van der Waals surface area (Å²) < 4.78 is 28.7. The molecule has 3 aromatic carbocycles. The molecule has 2 aliphatic rings. The fraction of sp³-hybridized carbons (Fsp3) is 0.265. The Morgan fingerprint density at radius 1 is 0.957 bits per heavy atom. The maximum atomic E-state index is 12.4. The van der Waals surface area contributed by atoms with Gasteiger partial charge in [0.15, 0.2) is 17.6 Å². The van der Waals surface area contributed by atoms with Crippen LogP contribution in [0.4, 0.5) is 0 Å². The predicted molar refractivity (Wildman–Crippen MR) is 166 cm³/mol. The van der Waals surface area contributed by atoms with Crippen molar-refractivity contribution < 1.29 is 64.2 Å². The minimum Gasteiger partial charge on any atom is -0.508 e. The molecule has 13 nitrogen and oxygen atoms in total. The van der Waals surface area contributed by atoms with E-state index in [0.29, 0.717) is 16.9 Å². The molecule has 6 atom stereocenters. The van der Waals surface area contributed by atoms with Crippen LogP contribution in [-0.2, 0) is 19.0 Å². The summed E-state index contributed by atoms with van der Waals surface area (Å²) >= 11 is 0. The Morgan fingerprint density at radius 2 is 1.72 bits per heavy atom. The van der Waals surface area contributed by atoms with E-state index in [0.717, 1.165) is 23.3 Å². The van der Waals surface area contributed by atoms with Crippen LogP contribution >= 0.6 is 0 Å². The Kier molecular flexibility index (Phi) is 9.63. The highest BCUT2D eigenvalue weighted by Gasteiger charge is 2.46. The van der Waals surface area contributed by atoms with E-state index in [1.165, 1.54) is 43.5 Å². The van der Waals surface area contributed by atoms with Gasteiger partial charge in [-0.2, -0.15) is 0 Å². The summed E-state index contributed by atoms with van der Waals surface area (Å²) in [4.78, 5) is 12.4. The number of hydrogen-bond acceptors (Lipinski definition) is 13. The van der Waals surface area contributed by atoms with Crippen LogP contribution in [0.1, 0.15) is 33.9 Å². The number of aliphatic hydroxyl groups excluding tert-OH is 3. The van der Waals surface area contributed by atoms with Crippen LogP contribution in [0.2, 0.25) is 0 Å². The normalized spacial score (nSPS) is 23.7. The number of carbonyl (C=O) groups excluding carboxylic acids is 1. The molecule has 3 aromatic rings. The Labute approximate surface area is 269 Å². The second-order valence-electron chi connectivity index (χ2n) is 10.9. The third-order valence-corrected chi connectivity index (χ3v) is 7.78. The molecular weight excluding hydrogens is 616 g/mol. The lowest BCUT2D eigenvalue weighted by Gasteiger charge is -2.41. The molecule has 0 bridgehead atoms. The van der Waals surface area contributed by atoms with Crippen molar-refractivity contribution in [2.24, 2.45) is 0 Å². The lowest BCUT2D eigenvalue weighted by atomic mass is 9.96. The molecule has 1 fully saturated rings. The van der Waals surface area contributed by atoms with Crippen molar-refractivity contribution in [3.63, 3.8) is 0 Å². The van der Waals surface area contributed by atoms with Crippen molar-refractivity contribution in [1.82, 2.24) is 0 Å². The summed E-state index contributed by atoms with van der Waals surface area (Å²) in [5.74, 6) is -1.47. The van der Waals surface area contributed by atoms with E-state index in [9.17, 15) is 40.5 Å². The van der Waals surface area contributed by atoms with Crippen LogP contribution in [0.3, 0.4) is 0 Å². The van der Waals surface area contributed by atoms with Gasteiger partial charge in [-0.3, -0.25) is 0 Å². The lowest BCUT2D eigenvalue weighted by Crippen LogP contribution is -2.59. The van der Waals surface area contributed by atoms with Crippen molar-refractivity contribution in [2.45, 2.75) is 43.7 Å². The van der Waals surface area contributed by atoms with E-state index in [-0.39, 0.29) is 40.1 Å². The molecule has 6 unspecified atom stereocenters. The van der Waals surface area contributed by atoms with Crippen LogP contribution in [0.5, 0.6) is 34.5 Å². The number of aliphatic hydroxyl groups is 3. The average molecular weight is 651 g/mol. The monoisotopic (exact) mass is 650 g/mol. The van der Waals surface area contributed by atoms with Gasteiger partial charge in [0, 0.05) is 23.8 Å². The molecule has 0 radical (unpaired) electrons. The van der Waals surface area contributed by atoms with E-state index < -0.39 is 49.4 Å². The molecule has 2 aliphatic heterocycles. The fourth-order valence-electron chi connectivity index (χ4n) is 5.18. The van der Waals surface area contributed by atoms with E-state index in [2.05, 4.69) is 6.58 Å². The van der Waals surface area contributed by atoms with Gasteiger partial charge in [0.25, 0.3) is 0 Å². The van der Waals surface area contributed by atoms with Gasteiger partial charge in [-0.25, -0.2) is 4.79 Å². The molecule has 1 saturated heterocycles. The second kappa shape index (κ2) is 13.6. The van der Waals surface area contributed by atoms with Gasteiger partial charge in [0.2, 0.25) is 6.29 Å². The molecule has 0 amide bonds. The second-order valence-corrected chi connectivity index (χ2v) is 10.9. The summed E-state index contributed by atoms with van der Waals surface area (Å²) in [5.41, 5.74) is 2.58. The van der Waals surface area contributed by atoms with Gasteiger partial charge in [-0.15, -0.1) is 0 Å². The summed E-state index contributed by atoms with van der Waals surface area (Å²) in [6.45, 7) is 5.15. The molecule has 7 N–H and O–H groups in total. The number of benzene rings is 3. The van der Waals surface area contributed by atoms with Crippen LogP contribution in [0, 0.1) is 6.92 Å². The third-order valence-electron chi connectivity index (χ3n) is 7.78. The van der Waals surface area contributed by atoms with Crippen molar-refractivity contribution >= 4 is 24.2 Å². The molecule has 2 heterocycles. The zero-order valence-electron chi connectivity index (χ0n) is 25.3. The molecule has 5 rings (SSSR count). The molecule has 248 valence electrons. The summed E-state index contributed by atoms with van der Waals surface area (Å²) in [6, 6.07) is 9.82. The maximum absolute atomic E-state index is 12.4. The molecule has 0 spiro atoms. The predicted octanol–water partition coefficient (Wildman–Crippen LogP) is 3.02. The maximum Gasteiger partial charge on any atom is 0.330 e. The minimum atomic E-state index is -1.78. The SMILES string of the molecule is C=Cc1cc(C2Oc3cc(O)cc(O)c3C=C2OC2OC(COC(=O)C=Cc3ccc(O)c(O)c3)C(O)C(O)C2O)cc(OC)c1C. The number of methoxy groups -OCH3 is 1. The lowest BCUT2D eigenvalue weighted by molar-refractivity contribution is -0.294. The van der Waals surface area contributed by atoms with Gasteiger partial charge in [0.1, 0.15) is 59.8 Å². The Balaban J connectivity index is 1.39. The molecule has 0 aliphatic carbocycles. The van der Waals surface area contributed by atoms with Crippen LogP contribution in [0.15, 0.2) is 60.9 Å². The van der Waals surface area contributed by atoms with Gasteiger partial charge < -0.3 is 59.4 Å². The topological polar surface area (TPSA) is 205 Å². The van der Waals surface area contributed by atoms with Crippen molar-refractivity contribution in [3.8, 4) is 34.5 Å². The summed E-state index contributed by atoms with van der Waals surface area (Å²) in [6.07, 6.45) is -3.81. The van der Waals surface area contributed by atoms with Gasteiger partial charge in [-0.05, 0) is 60.0 Å². The molecule has 0 aromatic heterocycles. The number of rotatable bonds is 9. The van der Waals surface area contributed by atoms with E-state index in [1.54, 1.807) is 18.2 Å². The highest BCUT2D eigenvalue weighted by molar-refractivity contribution is 5.87. The van der Waals surface area contributed by atoms with Gasteiger partial charge in [-0.1, -0.05) is 18.7 Å². The molecule has 13 heteroatoms. The standard InChI is InChI=1S/C34H34O13/c1-4-18-10-19(11-25(43-3)16(18)2)33-27(14-21-23(37)12-20(35)13-26(21)45-33)46-34-32(42)31(41)30(40)28(47-34)15-44-29(39)8-6-17-5-7-22(36)24(38)9-17/h4-14,28,30-38,40-42H,1,15H2,2-3H3. The van der Waals surface area contributed by atoms with Crippen LogP contribution in [-0.4, -0.2) is 86.1 Å². The first kappa shape index (κ1) is 33.2. The molecule has 0 saturated carbocycles. The fourth-order valence-corrected chi connectivity index (χ4v) is 5.18. The van der Waals surface area contributed by atoms with E-state index in [1.807, 2.05) is 6.92 Å². The number of fused-ring (bicyclic) bond motifs is 1. The van der Waals surface area contributed by atoms with Crippen molar-refractivity contribution in [1.29, 1.82) is 0 Å². The van der Waals surface area contributed by atoms with Gasteiger partial charge in [0.05, 0.1) is 12.7 Å². The largest absolute Gasteiger partial charge is 0.508 e. The zero-order valence-corrected chi connectivity index (χ0v) is 25.3. The number of phenols is 4. The Bertz CT molecular complexity index is 1730. The van der Waals surface area contributed by atoms with Crippen molar-refractivity contribution in [2.75, 3.05) is 13.7 Å². The number of esters is 1. The first-order valence-electron chi connectivity index (χ1n) is 14.4. The Hall–Kier alpha value is -5.21. The summed E-state index contributed by atoms with van der Waals surface area (Å²) in [7, 11) is 1.50. The highest BCUT2D eigenvalue weighted by Crippen LogP contribution is 2.45. The molecule has 47 heavy (non-hydrogen) atoms. The van der Waals surface area contributed by atoms with Crippen LogP contribution < -0.4 is 9.47 Å². The average Bonchev–Trinajstić information content (AvgIpc) is 3.05. The smallest absolute Gasteiger partial charge is 0.330 e. The zero-order chi connectivity index (χ0) is 34.0. The van der Waals surface area contributed by atoms with E-state index >= 15 is 0 Å². The highest BCUT2D eigenvalue weighted by atomic mass is 16.7. The third kappa shape index (κ3) is 6.98. The molecular formula is C34H34O13. The number of hydrogen-bond donors (Lipinski definition) is 7. The Morgan fingerprint density at radius 3 is 2.43 bits per heavy atom. The van der Waals surface area contributed by atoms with Crippen LogP contribution in [0.25, 0.3) is 18.2 Å². The number of ether oxygens (including phenoxy) is 5. The van der Waals surface area contributed by atoms with Gasteiger partial charge >= 0.3 is 5.97 Å². The number of carbonyl (C=O) groups is 1. The summed E-state index contributed by atoms with van der Waals surface area (Å²) in [5, 5.41) is 71.8. The van der Waals surface area contributed by atoms with E-state index in [4.69, 9.17) is 23.7 Å².